The van der Waals surface area contributed by atoms with Gasteiger partial charge in [0.15, 0.2) is 0 Å². The Hall–Kier alpha value is -1.07. The number of amides is 1. The maximum atomic E-state index is 11.5. The molecule has 4 nitrogen and oxygen atoms in total. The molecule has 0 bridgehead atoms. The van der Waals surface area contributed by atoms with Crippen molar-refractivity contribution in [2.75, 3.05) is 20.7 Å². The second kappa shape index (κ2) is 6.59. The van der Waals surface area contributed by atoms with Crippen molar-refractivity contribution in [3.05, 3.63) is 28.2 Å². The Kier molecular flexibility index (Phi) is 5.05. The summed E-state index contributed by atoms with van der Waals surface area (Å²) < 4.78 is 6.25. The number of likely N-dealkylation sites (N-methyl/N-ethyl adjacent to an activating group) is 1. The highest BCUT2D eigenvalue weighted by atomic mass is 79.9. The fourth-order valence-corrected chi connectivity index (χ4v) is 3.28. The predicted octanol–water partition coefficient (Wildman–Crippen LogP) is 2.73. The van der Waals surface area contributed by atoms with Crippen LogP contribution < -0.4 is 10.1 Å². The van der Waals surface area contributed by atoms with E-state index in [1.165, 1.54) is 5.56 Å². The number of hydrogen-bond donors (Lipinski definition) is 1. The summed E-state index contributed by atoms with van der Waals surface area (Å²) in [5.74, 6) is 1.08. The van der Waals surface area contributed by atoms with Crippen molar-refractivity contribution < 1.29 is 9.53 Å². The molecule has 1 aromatic carbocycles. The number of methoxy groups -OCH3 is 1. The van der Waals surface area contributed by atoms with Crippen molar-refractivity contribution in [1.29, 1.82) is 0 Å². The van der Waals surface area contributed by atoms with Gasteiger partial charge < -0.3 is 15.0 Å². The first kappa shape index (κ1) is 15.3. The number of hydrogen-bond acceptors (Lipinski definition) is 3. The van der Waals surface area contributed by atoms with Gasteiger partial charge in [-0.3, -0.25) is 4.79 Å². The molecule has 110 valence electrons. The molecule has 0 spiro atoms. The lowest BCUT2D eigenvalue weighted by Crippen LogP contribution is -2.47. The molecule has 1 aromatic rings. The van der Waals surface area contributed by atoms with E-state index in [0.717, 1.165) is 23.2 Å². The summed E-state index contributed by atoms with van der Waals surface area (Å²) >= 11 is 3.59. The zero-order valence-electron chi connectivity index (χ0n) is 12.1. The van der Waals surface area contributed by atoms with E-state index in [-0.39, 0.29) is 11.9 Å². The minimum absolute atomic E-state index is 0.224. The van der Waals surface area contributed by atoms with Gasteiger partial charge in [0.05, 0.1) is 7.11 Å². The van der Waals surface area contributed by atoms with Crippen LogP contribution in [-0.4, -0.2) is 37.6 Å². The van der Waals surface area contributed by atoms with Crippen LogP contribution in [0.25, 0.3) is 0 Å². The minimum Gasteiger partial charge on any atom is -0.497 e. The van der Waals surface area contributed by atoms with E-state index >= 15 is 0 Å². The third-order valence-corrected chi connectivity index (χ3v) is 4.47. The van der Waals surface area contributed by atoms with Gasteiger partial charge in [0.1, 0.15) is 5.75 Å². The molecule has 0 radical (unpaired) electrons. The van der Waals surface area contributed by atoms with Crippen molar-refractivity contribution in [2.24, 2.45) is 0 Å². The van der Waals surface area contributed by atoms with E-state index in [4.69, 9.17) is 4.74 Å². The van der Waals surface area contributed by atoms with Gasteiger partial charge in [-0.1, -0.05) is 22.0 Å². The molecule has 1 saturated heterocycles. The molecule has 0 saturated carbocycles. The third kappa shape index (κ3) is 3.52. The van der Waals surface area contributed by atoms with Gasteiger partial charge in [0, 0.05) is 36.6 Å². The normalized spacial score (nSPS) is 20.9. The number of nitrogens with zero attached hydrogens (tertiary/aromatic N) is 1. The van der Waals surface area contributed by atoms with E-state index in [1.54, 1.807) is 12.0 Å². The first-order valence-electron chi connectivity index (χ1n) is 6.84. The first-order valence-corrected chi connectivity index (χ1v) is 7.64. The van der Waals surface area contributed by atoms with Crippen LogP contribution in [-0.2, 0) is 4.79 Å². The average Bonchev–Trinajstić information content (AvgIpc) is 2.42. The monoisotopic (exact) mass is 340 g/mol. The number of benzene rings is 1. The highest BCUT2D eigenvalue weighted by Crippen LogP contribution is 2.28. The molecule has 1 aliphatic heterocycles. The highest BCUT2D eigenvalue weighted by molar-refractivity contribution is 9.10. The Bertz CT molecular complexity index is 493. The van der Waals surface area contributed by atoms with E-state index in [1.807, 2.05) is 19.2 Å². The highest BCUT2D eigenvalue weighted by Gasteiger charge is 2.24. The van der Waals surface area contributed by atoms with Gasteiger partial charge in [-0.05, 0) is 31.0 Å². The van der Waals surface area contributed by atoms with Crippen LogP contribution in [0.1, 0.15) is 31.4 Å². The number of carbonyl (C=O) groups excluding carboxylic acids is 1. The fourth-order valence-electron chi connectivity index (χ4n) is 2.58. The summed E-state index contributed by atoms with van der Waals surface area (Å²) in [6, 6.07) is 6.58. The molecule has 2 atom stereocenters. The van der Waals surface area contributed by atoms with Crippen LogP contribution >= 0.6 is 15.9 Å². The Balaban J connectivity index is 2.01. The Morgan fingerprint density at radius 3 is 2.85 bits per heavy atom. The number of piperidine rings is 1. The largest absolute Gasteiger partial charge is 0.497 e. The second-order valence-electron chi connectivity index (χ2n) is 5.29. The van der Waals surface area contributed by atoms with Gasteiger partial charge in [0.25, 0.3) is 0 Å². The van der Waals surface area contributed by atoms with Gasteiger partial charge >= 0.3 is 0 Å². The Morgan fingerprint density at radius 2 is 2.25 bits per heavy atom. The molecule has 5 heteroatoms. The summed E-state index contributed by atoms with van der Waals surface area (Å²) in [7, 11) is 3.53. The molecule has 20 heavy (non-hydrogen) atoms. The summed E-state index contributed by atoms with van der Waals surface area (Å²) in [4.78, 5) is 13.3. The van der Waals surface area contributed by atoms with Crippen molar-refractivity contribution in [3.8, 4) is 5.75 Å². The number of rotatable bonds is 4. The number of nitrogens with one attached hydrogen (secondary N) is 1. The third-order valence-electron chi connectivity index (χ3n) is 3.79. The van der Waals surface area contributed by atoms with Gasteiger partial charge in [-0.15, -0.1) is 0 Å². The smallest absolute Gasteiger partial charge is 0.222 e. The lowest BCUT2D eigenvalue weighted by Gasteiger charge is -2.32. The van der Waals surface area contributed by atoms with E-state index < -0.39 is 0 Å². The summed E-state index contributed by atoms with van der Waals surface area (Å²) in [6.07, 6.45) is 1.53. The van der Waals surface area contributed by atoms with E-state index in [0.29, 0.717) is 12.5 Å². The standard InChI is InChI=1S/C15H21BrN2O2/c1-10(13-6-5-12(20-3)8-14(13)16)17-11-4-7-15(19)18(2)9-11/h5-6,8,10-11,17H,4,7,9H2,1-3H3. The quantitative estimate of drug-likeness (QED) is 0.916. The minimum atomic E-state index is 0.224. The van der Waals surface area contributed by atoms with Gasteiger partial charge in [0.2, 0.25) is 5.91 Å². The second-order valence-corrected chi connectivity index (χ2v) is 6.14. The van der Waals surface area contributed by atoms with E-state index in [9.17, 15) is 4.79 Å². The van der Waals surface area contributed by atoms with Crippen LogP contribution in [0, 0.1) is 0 Å². The maximum Gasteiger partial charge on any atom is 0.222 e. The zero-order valence-corrected chi connectivity index (χ0v) is 13.7. The molecule has 1 N–H and O–H groups in total. The molecule has 0 aliphatic carbocycles. The molecular weight excluding hydrogens is 320 g/mol. The lowest BCUT2D eigenvalue weighted by atomic mass is 10.0. The average molecular weight is 341 g/mol. The molecular formula is C15H21BrN2O2. The van der Waals surface area contributed by atoms with E-state index in [2.05, 4.69) is 34.2 Å². The Labute approximate surface area is 128 Å². The van der Waals surface area contributed by atoms with Crippen molar-refractivity contribution in [3.63, 3.8) is 0 Å². The van der Waals surface area contributed by atoms with Crippen LogP contribution in [0.15, 0.2) is 22.7 Å². The molecule has 0 aromatic heterocycles. The molecule has 1 heterocycles. The van der Waals surface area contributed by atoms with Crippen molar-refractivity contribution in [2.45, 2.75) is 31.8 Å². The van der Waals surface area contributed by atoms with Gasteiger partial charge in [-0.25, -0.2) is 0 Å². The number of halogens is 1. The first-order chi connectivity index (χ1) is 9.51. The molecule has 1 amide bonds. The van der Waals surface area contributed by atoms with Crippen LogP contribution in [0.2, 0.25) is 0 Å². The van der Waals surface area contributed by atoms with Gasteiger partial charge in [-0.2, -0.15) is 0 Å². The van der Waals surface area contributed by atoms with Crippen LogP contribution in [0.4, 0.5) is 0 Å². The van der Waals surface area contributed by atoms with Crippen LogP contribution in [0.5, 0.6) is 5.75 Å². The number of likely N-dealkylation sites (tertiary alicyclic amines) is 1. The molecule has 2 rings (SSSR count). The number of ether oxygens (including phenoxy) is 1. The molecule has 2 unspecified atom stereocenters. The SMILES string of the molecule is COc1ccc(C(C)NC2CCC(=O)N(C)C2)c(Br)c1. The van der Waals surface area contributed by atoms with Crippen LogP contribution in [0.3, 0.4) is 0 Å². The predicted molar refractivity (Wildman–Crippen MR) is 82.9 cm³/mol. The van der Waals surface area contributed by atoms with Crippen molar-refractivity contribution >= 4 is 21.8 Å². The summed E-state index contributed by atoms with van der Waals surface area (Å²) in [6.45, 7) is 2.92. The molecule has 1 aliphatic rings. The lowest BCUT2D eigenvalue weighted by molar-refractivity contribution is -0.132. The summed E-state index contributed by atoms with van der Waals surface area (Å²) in [5.41, 5.74) is 1.20. The fraction of sp³-hybridized carbons (Fsp3) is 0.533. The zero-order chi connectivity index (χ0) is 14.7. The Morgan fingerprint density at radius 1 is 1.50 bits per heavy atom. The maximum absolute atomic E-state index is 11.5. The van der Waals surface area contributed by atoms with Crippen molar-refractivity contribution in [1.82, 2.24) is 10.2 Å². The topological polar surface area (TPSA) is 41.6 Å². The summed E-state index contributed by atoms with van der Waals surface area (Å²) in [5, 5.41) is 3.60. The number of carbonyl (C=O) groups is 1. The molecule has 1 fully saturated rings.